The number of hydrogen-bond donors (Lipinski definition) is 4. The van der Waals surface area contributed by atoms with Gasteiger partial charge >= 0.3 is 11.9 Å². The van der Waals surface area contributed by atoms with Crippen molar-refractivity contribution in [1.29, 1.82) is 0 Å². The van der Waals surface area contributed by atoms with Gasteiger partial charge in [0.25, 0.3) is 0 Å². The quantitative estimate of drug-likeness (QED) is 0.207. The first-order valence-electron chi connectivity index (χ1n) is 12.6. The maximum absolute atomic E-state index is 12.8. The fourth-order valence-corrected chi connectivity index (χ4v) is 4.47. The number of aliphatic hydroxyl groups excluding tert-OH is 4. The molecule has 13 heteroatoms. The standard InChI is InChI=1S/C27H36O13/c1-5-15-16(11-21(29)37-9-8-14-6-7-18(34-2)19(10-14)35-3)17(25(33)36-4)13-38-26(15)40-27-24(32)23(31)22(30)20(12-28)39-27/h5-7,10,13,16,20,22-24,26-28,30-32H,8-9,11-12H2,1-4H3/t16-,20+,22+,23-,24+,26-,27+/m0/s1. The Labute approximate surface area is 231 Å². The number of esters is 2. The predicted octanol–water partition coefficient (Wildman–Crippen LogP) is -0.0282. The molecule has 1 aromatic carbocycles. The van der Waals surface area contributed by atoms with Crippen LogP contribution in [0.25, 0.3) is 0 Å². The van der Waals surface area contributed by atoms with Crippen molar-refractivity contribution in [3.8, 4) is 11.5 Å². The average Bonchev–Trinajstić information content (AvgIpc) is 2.96. The smallest absolute Gasteiger partial charge is 0.337 e. The molecular formula is C27H36O13. The topological polar surface area (TPSA) is 180 Å². The van der Waals surface area contributed by atoms with Crippen molar-refractivity contribution in [3.63, 3.8) is 0 Å². The highest BCUT2D eigenvalue weighted by Crippen LogP contribution is 2.36. The summed E-state index contributed by atoms with van der Waals surface area (Å²) in [5.74, 6) is -1.08. The summed E-state index contributed by atoms with van der Waals surface area (Å²) < 4.78 is 37.5. The molecule has 4 N–H and O–H groups in total. The summed E-state index contributed by atoms with van der Waals surface area (Å²) in [5.41, 5.74) is 1.23. The molecule has 2 heterocycles. The summed E-state index contributed by atoms with van der Waals surface area (Å²) in [7, 11) is 4.24. The lowest BCUT2D eigenvalue weighted by Crippen LogP contribution is -2.60. The molecule has 2 aliphatic heterocycles. The number of hydrogen-bond acceptors (Lipinski definition) is 13. The Morgan fingerprint density at radius 2 is 1.75 bits per heavy atom. The first-order valence-corrected chi connectivity index (χ1v) is 12.6. The fourth-order valence-electron chi connectivity index (χ4n) is 4.47. The Balaban J connectivity index is 1.70. The van der Waals surface area contributed by atoms with Crippen molar-refractivity contribution < 1.29 is 63.2 Å². The van der Waals surface area contributed by atoms with E-state index in [1.807, 2.05) is 6.07 Å². The van der Waals surface area contributed by atoms with Crippen LogP contribution in [0.4, 0.5) is 0 Å². The van der Waals surface area contributed by atoms with E-state index in [1.54, 1.807) is 25.1 Å². The number of ether oxygens (including phenoxy) is 7. The molecule has 0 saturated carbocycles. The summed E-state index contributed by atoms with van der Waals surface area (Å²) in [4.78, 5) is 25.3. The number of carbonyl (C=O) groups excluding carboxylic acids is 2. The van der Waals surface area contributed by atoms with Gasteiger partial charge in [-0.05, 0) is 24.6 Å². The zero-order chi connectivity index (χ0) is 29.4. The fraction of sp³-hybridized carbons (Fsp3) is 0.556. The van der Waals surface area contributed by atoms with Crippen molar-refractivity contribution in [2.45, 2.75) is 56.8 Å². The number of aliphatic hydroxyl groups is 4. The molecule has 0 spiro atoms. The van der Waals surface area contributed by atoms with Crippen LogP contribution in [0.1, 0.15) is 18.9 Å². The lowest BCUT2D eigenvalue weighted by molar-refractivity contribution is -0.327. The van der Waals surface area contributed by atoms with E-state index in [2.05, 4.69) is 0 Å². The molecule has 2 aliphatic rings. The van der Waals surface area contributed by atoms with Crippen LogP contribution in [0.3, 0.4) is 0 Å². The third-order valence-corrected chi connectivity index (χ3v) is 6.70. The molecule has 1 saturated heterocycles. The van der Waals surface area contributed by atoms with Crippen molar-refractivity contribution in [3.05, 3.63) is 47.2 Å². The Bertz CT molecular complexity index is 1080. The van der Waals surface area contributed by atoms with Gasteiger partial charge in [-0.25, -0.2) is 4.79 Å². The second kappa shape index (κ2) is 14.4. The predicted molar refractivity (Wildman–Crippen MR) is 136 cm³/mol. The normalized spacial score (nSPS) is 29.2. The van der Waals surface area contributed by atoms with Gasteiger partial charge in [0.2, 0.25) is 6.29 Å². The molecule has 13 nitrogen and oxygen atoms in total. The highest BCUT2D eigenvalue weighted by Gasteiger charge is 2.46. The Morgan fingerprint density at radius 3 is 2.38 bits per heavy atom. The second-order valence-corrected chi connectivity index (χ2v) is 9.07. The van der Waals surface area contributed by atoms with Crippen LogP contribution >= 0.6 is 0 Å². The molecule has 3 rings (SSSR count). The first-order chi connectivity index (χ1) is 19.2. The van der Waals surface area contributed by atoms with E-state index in [0.29, 0.717) is 23.5 Å². The number of methoxy groups -OCH3 is 3. The van der Waals surface area contributed by atoms with E-state index in [4.69, 9.17) is 33.2 Å². The largest absolute Gasteiger partial charge is 0.493 e. The number of allylic oxidation sites excluding steroid dienone is 1. The van der Waals surface area contributed by atoms with Crippen LogP contribution in [-0.4, -0.2) is 104 Å². The minimum absolute atomic E-state index is 0.0427. The maximum Gasteiger partial charge on any atom is 0.337 e. The molecule has 0 amide bonds. The van der Waals surface area contributed by atoms with Crippen molar-refractivity contribution in [2.75, 3.05) is 34.5 Å². The Morgan fingerprint density at radius 1 is 1.02 bits per heavy atom. The van der Waals surface area contributed by atoms with E-state index < -0.39 is 61.5 Å². The molecule has 1 aromatic rings. The summed E-state index contributed by atoms with van der Waals surface area (Å²) >= 11 is 0. The number of carbonyl (C=O) groups is 2. The van der Waals surface area contributed by atoms with Crippen molar-refractivity contribution >= 4 is 11.9 Å². The molecule has 40 heavy (non-hydrogen) atoms. The van der Waals surface area contributed by atoms with Gasteiger partial charge in [0, 0.05) is 17.9 Å². The molecular weight excluding hydrogens is 532 g/mol. The molecule has 0 bridgehead atoms. The molecule has 0 aliphatic carbocycles. The van der Waals surface area contributed by atoms with Crippen LogP contribution in [0.15, 0.2) is 41.7 Å². The van der Waals surface area contributed by atoms with Crippen LogP contribution < -0.4 is 9.47 Å². The Hall–Kier alpha value is -3.20. The van der Waals surface area contributed by atoms with Gasteiger partial charge in [-0.1, -0.05) is 12.1 Å². The summed E-state index contributed by atoms with van der Waals surface area (Å²) in [6, 6.07) is 5.35. The van der Waals surface area contributed by atoms with Gasteiger partial charge < -0.3 is 53.6 Å². The maximum atomic E-state index is 12.8. The first kappa shape index (κ1) is 31.3. The number of benzene rings is 1. The lowest BCUT2D eigenvalue weighted by Gasteiger charge is -2.41. The van der Waals surface area contributed by atoms with Gasteiger partial charge in [-0.2, -0.15) is 0 Å². The van der Waals surface area contributed by atoms with E-state index in [1.165, 1.54) is 21.3 Å². The Kier molecular flexibility index (Phi) is 11.3. The lowest BCUT2D eigenvalue weighted by atomic mass is 9.86. The number of rotatable bonds is 11. The third-order valence-electron chi connectivity index (χ3n) is 6.70. The second-order valence-electron chi connectivity index (χ2n) is 9.07. The SMILES string of the molecule is CC=C1[C@H](O[C@H]2O[C@H](CO)[C@@H](O)[C@H](O)[C@H]2O)OC=C(C(=O)OC)[C@H]1CC(=O)OCCc1ccc(OC)c(OC)c1. The minimum Gasteiger partial charge on any atom is -0.493 e. The monoisotopic (exact) mass is 568 g/mol. The van der Waals surface area contributed by atoms with Gasteiger partial charge in [0.05, 0.1) is 52.8 Å². The molecule has 0 radical (unpaired) electrons. The molecule has 1 fully saturated rings. The third kappa shape index (κ3) is 7.11. The van der Waals surface area contributed by atoms with E-state index in [-0.39, 0.29) is 18.6 Å². The summed E-state index contributed by atoms with van der Waals surface area (Å²) in [6.07, 6.45) is -6.04. The molecule has 0 aromatic heterocycles. The van der Waals surface area contributed by atoms with Crippen LogP contribution in [0.2, 0.25) is 0 Å². The van der Waals surface area contributed by atoms with Gasteiger partial charge in [-0.15, -0.1) is 0 Å². The van der Waals surface area contributed by atoms with Crippen LogP contribution in [0, 0.1) is 5.92 Å². The minimum atomic E-state index is -1.68. The van der Waals surface area contributed by atoms with E-state index >= 15 is 0 Å². The average molecular weight is 569 g/mol. The summed E-state index contributed by atoms with van der Waals surface area (Å²) in [6.45, 7) is 1.06. The summed E-state index contributed by atoms with van der Waals surface area (Å²) in [5, 5.41) is 39.9. The van der Waals surface area contributed by atoms with Crippen molar-refractivity contribution in [2.24, 2.45) is 5.92 Å². The van der Waals surface area contributed by atoms with Crippen molar-refractivity contribution in [1.82, 2.24) is 0 Å². The molecule has 0 unspecified atom stereocenters. The zero-order valence-corrected chi connectivity index (χ0v) is 22.7. The van der Waals surface area contributed by atoms with Crippen LogP contribution in [0.5, 0.6) is 11.5 Å². The highest BCUT2D eigenvalue weighted by atomic mass is 16.8. The van der Waals surface area contributed by atoms with E-state index in [9.17, 15) is 30.0 Å². The van der Waals surface area contributed by atoms with Crippen LogP contribution in [-0.2, 0) is 39.7 Å². The molecule has 7 atom stereocenters. The highest BCUT2D eigenvalue weighted by molar-refractivity contribution is 5.90. The zero-order valence-electron chi connectivity index (χ0n) is 22.7. The van der Waals surface area contributed by atoms with E-state index in [0.717, 1.165) is 11.8 Å². The van der Waals surface area contributed by atoms with Gasteiger partial charge in [0.1, 0.15) is 24.4 Å². The molecule has 222 valence electrons. The van der Waals surface area contributed by atoms with Gasteiger partial charge in [0.15, 0.2) is 17.8 Å². The van der Waals surface area contributed by atoms with Gasteiger partial charge in [-0.3, -0.25) is 4.79 Å².